The summed E-state index contributed by atoms with van der Waals surface area (Å²) in [6, 6.07) is 11.9. The number of hydrazone groups is 1. The van der Waals surface area contributed by atoms with Crippen molar-refractivity contribution >= 4 is 22.1 Å². The summed E-state index contributed by atoms with van der Waals surface area (Å²) in [5.74, 6) is -0.464. The van der Waals surface area contributed by atoms with E-state index in [1.54, 1.807) is 30.3 Å². The molecule has 0 radical (unpaired) electrons. The Hall–Kier alpha value is -2.71. The molecule has 0 spiro atoms. The van der Waals surface area contributed by atoms with Gasteiger partial charge in [0.15, 0.2) is 0 Å². The molecule has 2 aromatic carbocycles. The third-order valence-corrected chi connectivity index (χ3v) is 5.46. The van der Waals surface area contributed by atoms with Crippen molar-refractivity contribution in [3.8, 4) is 5.75 Å². The van der Waals surface area contributed by atoms with Crippen LogP contribution in [0, 0.1) is 12.8 Å². The van der Waals surface area contributed by atoms with Crippen LogP contribution in [0.15, 0.2) is 58.5 Å². The van der Waals surface area contributed by atoms with E-state index in [0.29, 0.717) is 12.0 Å². The van der Waals surface area contributed by atoms with Gasteiger partial charge in [0, 0.05) is 5.56 Å². The standard InChI is InChI=1S/C20H25N3O4S/c1-14(2)12-18(23-28(26,27)17-10-8-15(3)9-11-17)20(25)22-21-13-16-6-4-5-7-19(16)24/h4-11,13-14,18,23-24H,12H2,1-3H3,(H,22,25)/b21-13-/t18-/m1/s1. The van der Waals surface area contributed by atoms with E-state index >= 15 is 0 Å². The first-order valence-electron chi connectivity index (χ1n) is 8.89. The van der Waals surface area contributed by atoms with Gasteiger partial charge in [-0.15, -0.1) is 0 Å². The molecule has 0 unspecified atom stereocenters. The van der Waals surface area contributed by atoms with Crippen LogP contribution in [0.25, 0.3) is 0 Å². The predicted molar refractivity (Wildman–Crippen MR) is 109 cm³/mol. The fourth-order valence-electron chi connectivity index (χ4n) is 2.49. The second-order valence-corrected chi connectivity index (χ2v) is 8.62. The summed E-state index contributed by atoms with van der Waals surface area (Å²) in [4.78, 5) is 12.6. The van der Waals surface area contributed by atoms with Crippen LogP contribution in [-0.4, -0.2) is 31.7 Å². The number of hydrogen-bond donors (Lipinski definition) is 3. The maximum absolute atomic E-state index is 12.6. The monoisotopic (exact) mass is 403 g/mol. The van der Waals surface area contributed by atoms with Gasteiger partial charge in [0.25, 0.3) is 5.91 Å². The van der Waals surface area contributed by atoms with E-state index in [1.807, 2.05) is 20.8 Å². The first-order valence-corrected chi connectivity index (χ1v) is 10.4. The van der Waals surface area contributed by atoms with Crippen LogP contribution in [0.1, 0.15) is 31.4 Å². The Morgan fingerprint density at radius 3 is 2.39 bits per heavy atom. The second-order valence-electron chi connectivity index (χ2n) is 6.91. The largest absolute Gasteiger partial charge is 0.507 e. The minimum atomic E-state index is -3.85. The maximum Gasteiger partial charge on any atom is 0.258 e. The fraction of sp³-hybridized carbons (Fsp3) is 0.300. The summed E-state index contributed by atoms with van der Waals surface area (Å²) in [6.45, 7) is 5.65. The zero-order chi connectivity index (χ0) is 20.7. The quantitative estimate of drug-likeness (QED) is 0.465. The van der Waals surface area contributed by atoms with Crippen LogP contribution >= 0.6 is 0 Å². The molecule has 0 saturated heterocycles. The maximum atomic E-state index is 12.6. The summed E-state index contributed by atoms with van der Waals surface area (Å²) in [5, 5.41) is 13.5. The molecular formula is C20H25N3O4S. The predicted octanol–water partition coefficient (Wildman–Crippen LogP) is 2.54. The van der Waals surface area contributed by atoms with E-state index in [9.17, 15) is 18.3 Å². The molecule has 1 atom stereocenters. The van der Waals surface area contributed by atoms with Crippen molar-refractivity contribution in [2.45, 2.75) is 38.1 Å². The highest BCUT2D eigenvalue weighted by atomic mass is 32.2. The van der Waals surface area contributed by atoms with Crippen molar-refractivity contribution in [3.05, 3.63) is 59.7 Å². The number of benzene rings is 2. The van der Waals surface area contributed by atoms with E-state index in [0.717, 1.165) is 5.56 Å². The average molecular weight is 404 g/mol. The van der Waals surface area contributed by atoms with Gasteiger partial charge in [-0.2, -0.15) is 9.82 Å². The number of carbonyl (C=O) groups excluding carboxylic acids is 1. The summed E-state index contributed by atoms with van der Waals surface area (Å²) in [7, 11) is -3.85. The molecule has 2 rings (SSSR count). The van der Waals surface area contributed by atoms with Gasteiger partial charge in [-0.3, -0.25) is 4.79 Å². The molecule has 0 fully saturated rings. The van der Waals surface area contributed by atoms with E-state index in [1.165, 1.54) is 24.4 Å². The van der Waals surface area contributed by atoms with E-state index in [4.69, 9.17) is 0 Å². The fourth-order valence-corrected chi connectivity index (χ4v) is 3.70. The molecule has 150 valence electrons. The van der Waals surface area contributed by atoms with Gasteiger partial charge in [0.05, 0.1) is 11.1 Å². The van der Waals surface area contributed by atoms with Crippen LogP contribution in [0.2, 0.25) is 0 Å². The van der Waals surface area contributed by atoms with Crippen LogP contribution in [-0.2, 0) is 14.8 Å². The highest BCUT2D eigenvalue weighted by Crippen LogP contribution is 2.14. The first kappa shape index (κ1) is 21.6. The highest BCUT2D eigenvalue weighted by Gasteiger charge is 2.26. The molecule has 0 aliphatic carbocycles. The van der Waals surface area contributed by atoms with Gasteiger partial charge in [-0.1, -0.05) is 43.7 Å². The summed E-state index contributed by atoms with van der Waals surface area (Å²) in [5.41, 5.74) is 3.71. The Bertz CT molecular complexity index is 938. The Kier molecular flexibility index (Phi) is 7.31. The van der Waals surface area contributed by atoms with Gasteiger partial charge in [-0.25, -0.2) is 13.8 Å². The number of amides is 1. The van der Waals surface area contributed by atoms with Gasteiger partial charge in [-0.05, 0) is 43.5 Å². The summed E-state index contributed by atoms with van der Waals surface area (Å²) < 4.78 is 27.7. The number of nitrogens with one attached hydrogen (secondary N) is 2. The lowest BCUT2D eigenvalue weighted by atomic mass is 10.0. The van der Waals surface area contributed by atoms with Crippen LogP contribution in [0.5, 0.6) is 5.75 Å². The number of hydrogen-bond acceptors (Lipinski definition) is 5. The molecule has 0 bridgehead atoms. The molecule has 0 saturated carbocycles. The van der Waals surface area contributed by atoms with Gasteiger partial charge in [0.2, 0.25) is 10.0 Å². The second kappa shape index (κ2) is 9.48. The Morgan fingerprint density at radius 2 is 1.79 bits per heavy atom. The normalized spacial score (nSPS) is 13.0. The molecule has 8 heteroatoms. The van der Waals surface area contributed by atoms with Crippen LogP contribution < -0.4 is 10.1 Å². The Morgan fingerprint density at radius 1 is 1.14 bits per heavy atom. The van der Waals surface area contributed by atoms with Crippen molar-refractivity contribution in [1.29, 1.82) is 0 Å². The zero-order valence-electron chi connectivity index (χ0n) is 16.1. The molecule has 7 nitrogen and oxygen atoms in total. The van der Waals surface area contributed by atoms with E-state index in [2.05, 4.69) is 15.2 Å². The number of para-hydroxylation sites is 1. The number of rotatable bonds is 8. The van der Waals surface area contributed by atoms with Gasteiger partial charge >= 0.3 is 0 Å². The number of phenolic OH excluding ortho intramolecular Hbond substituents is 1. The summed E-state index contributed by atoms with van der Waals surface area (Å²) >= 11 is 0. The molecule has 0 heterocycles. The van der Waals surface area contributed by atoms with Crippen molar-refractivity contribution in [2.24, 2.45) is 11.0 Å². The minimum absolute atomic E-state index is 0.0271. The van der Waals surface area contributed by atoms with Gasteiger partial charge < -0.3 is 5.11 Å². The molecule has 3 N–H and O–H groups in total. The number of nitrogens with zero attached hydrogens (tertiary/aromatic N) is 1. The number of aromatic hydroxyl groups is 1. The molecule has 2 aromatic rings. The lowest BCUT2D eigenvalue weighted by molar-refractivity contribution is -0.123. The molecule has 0 aliphatic rings. The molecular weight excluding hydrogens is 378 g/mol. The smallest absolute Gasteiger partial charge is 0.258 e. The molecule has 0 aromatic heterocycles. The Labute approximate surface area is 165 Å². The first-order chi connectivity index (χ1) is 13.2. The van der Waals surface area contributed by atoms with E-state index in [-0.39, 0.29) is 16.6 Å². The lowest BCUT2D eigenvalue weighted by Crippen LogP contribution is -2.46. The van der Waals surface area contributed by atoms with Crippen molar-refractivity contribution < 1.29 is 18.3 Å². The Balaban J connectivity index is 2.12. The van der Waals surface area contributed by atoms with Crippen LogP contribution in [0.4, 0.5) is 0 Å². The average Bonchev–Trinajstić information content (AvgIpc) is 2.62. The van der Waals surface area contributed by atoms with Gasteiger partial charge in [0.1, 0.15) is 11.8 Å². The third-order valence-electron chi connectivity index (χ3n) is 3.97. The van der Waals surface area contributed by atoms with Crippen molar-refractivity contribution in [1.82, 2.24) is 10.1 Å². The lowest BCUT2D eigenvalue weighted by Gasteiger charge is -2.19. The zero-order valence-corrected chi connectivity index (χ0v) is 16.9. The van der Waals surface area contributed by atoms with Crippen LogP contribution in [0.3, 0.4) is 0 Å². The number of carbonyl (C=O) groups is 1. The van der Waals surface area contributed by atoms with Crippen molar-refractivity contribution in [2.75, 3.05) is 0 Å². The molecule has 1 amide bonds. The summed E-state index contributed by atoms with van der Waals surface area (Å²) in [6.07, 6.45) is 1.61. The highest BCUT2D eigenvalue weighted by molar-refractivity contribution is 7.89. The number of aryl methyl sites for hydroxylation is 1. The number of sulfonamides is 1. The molecule has 0 aliphatic heterocycles. The number of phenols is 1. The van der Waals surface area contributed by atoms with E-state index < -0.39 is 22.0 Å². The SMILES string of the molecule is Cc1ccc(S(=O)(=O)N[C@H](CC(C)C)C(=O)N/N=C\c2ccccc2O)cc1. The topological polar surface area (TPSA) is 108 Å². The minimum Gasteiger partial charge on any atom is -0.507 e. The third kappa shape index (κ3) is 6.17. The van der Waals surface area contributed by atoms with Crippen molar-refractivity contribution in [3.63, 3.8) is 0 Å². The molecule has 28 heavy (non-hydrogen) atoms.